The van der Waals surface area contributed by atoms with Gasteiger partial charge in [-0.1, -0.05) is 30.3 Å². The highest BCUT2D eigenvalue weighted by atomic mass is 16.4. The second kappa shape index (κ2) is 7.57. The van der Waals surface area contributed by atoms with E-state index in [9.17, 15) is 14.7 Å². The quantitative estimate of drug-likeness (QED) is 0.405. The van der Waals surface area contributed by atoms with Crippen molar-refractivity contribution in [2.45, 2.75) is 12.5 Å². The summed E-state index contributed by atoms with van der Waals surface area (Å²) in [6, 6.07) is 13.6. The molecule has 1 aromatic heterocycles. The number of fused-ring (bicyclic) bond motifs is 1. The summed E-state index contributed by atoms with van der Waals surface area (Å²) >= 11 is 0. The smallest absolute Gasteiger partial charge is 0.326 e. The number of nitrogens with two attached hydrogens (primary N) is 1. The average molecular weight is 349 g/mol. The third kappa shape index (κ3) is 4.10. The van der Waals surface area contributed by atoms with E-state index in [-0.39, 0.29) is 6.42 Å². The van der Waals surface area contributed by atoms with Crippen LogP contribution in [-0.4, -0.2) is 28.0 Å². The van der Waals surface area contributed by atoms with Crippen LogP contribution in [0.3, 0.4) is 0 Å². The Labute approximate surface area is 150 Å². The van der Waals surface area contributed by atoms with Gasteiger partial charge in [-0.25, -0.2) is 4.79 Å². The highest BCUT2D eigenvalue weighted by Crippen LogP contribution is 2.19. The lowest BCUT2D eigenvalue weighted by molar-refractivity contribution is -0.141. The molecule has 1 heterocycles. The van der Waals surface area contributed by atoms with Crippen molar-refractivity contribution in [3.63, 3.8) is 0 Å². The predicted octanol–water partition coefficient (Wildman–Crippen LogP) is 2.58. The number of para-hydroxylation sites is 1. The van der Waals surface area contributed by atoms with Gasteiger partial charge >= 0.3 is 5.97 Å². The molecule has 3 rings (SSSR count). The lowest BCUT2D eigenvalue weighted by Crippen LogP contribution is -2.41. The van der Waals surface area contributed by atoms with E-state index in [1.807, 2.05) is 24.3 Å². The molecule has 0 aliphatic rings. The van der Waals surface area contributed by atoms with Gasteiger partial charge in [0.1, 0.15) is 6.04 Å². The summed E-state index contributed by atoms with van der Waals surface area (Å²) in [5, 5.41) is 12.9. The van der Waals surface area contributed by atoms with Gasteiger partial charge in [-0.2, -0.15) is 0 Å². The number of anilines is 1. The SMILES string of the molecule is Nc1ccc(C=CC(=O)NC(Cc2c[nH]c3ccccc23)C(=O)O)cc1. The van der Waals surface area contributed by atoms with Crippen molar-refractivity contribution in [1.82, 2.24) is 10.3 Å². The number of nitrogen functional groups attached to an aromatic ring is 1. The number of hydrogen-bond acceptors (Lipinski definition) is 3. The Morgan fingerprint density at radius 1 is 1.15 bits per heavy atom. The molecule has 0 aliphatic carbocycles. The van der Waals surface area contributed by atoms with Crippen LogP contribution in [0.15, 0.2) is 60.8 Å². The van der Waals surface area contributed by atoms with Gasteiger partial charge in [-0.05, 0) is 35.4 Å². The molecule has 0 saturated heterocycles. The van der Waals surface area contributed by atoms with Crippen LogP contribution in [0, 0.1) is 0 Å². The number of carbonyl (C=O) groups excluding carboxylic acids is 1. The van der Waals surface area contributed by atoms with Gasteiger partial charge in [0.05, 0.1) is 0 Å². The summed E-state index contributed by atoms with van der Waals surface area (Å²) in [5.74, 6) is -1.54. The summed E-state index contributed by atoms with van der Waals surface area (Å²) in [5.41, 5.74) is 8.83. The van der Waals surface area contributed by atoms with Crippen LogP contribution < -0.4 is 11.1 Å². The molecule has 26 heavy (non-hydrogen) atoms. The van der Waals surface area contributed by atoms with Crippen molar-refractivity contribution in [3.8, 4) is 0 Å². The molecule has 2 aromatic carbocycles. The first kappa shape index (κ1) is 17.3. The molecule has 0 saturated carbocycles. The van der Waals surface area contributed by atoms with Gasteiger partial charge in [0.25, 0.3) is 0 Å². The van der Waals surface area contributed by atoms with Crippen LogP contribution in [0.2, 0.25) is 0 Å². The Balaban J connectivity index is 1.69. The monoisotopic (exact) mass is 349 g/mol. The number of aliphatic carboxylic acids is 1. The third-order valence-electron chi connectivity index (χ3n) is 4.08. The van der Waals surface area contributed by atoms with E-state index in [0.29, 0.717) is 5.69 Å². The summed E-state index contributed by atoms with van der Waals surface area (Å²) < 4.78 is 0. The fraction of sp³-hybridized carbons (Fsp3) is 0.100. The van der Waals surface area contributed by atoms with E-state index in [1.165, 1.54) is 6.08 Å². The molecule has 1 atom stereocenters. The predicted molar refractivity (Wildman–Crippen MR) is 101 cm³/mol. The van der Waals surface area contributed by atoms with Gasteiger partial charge in [-0.3, -0.25) is 4.79 Å². The zero-order valence-corrected chi connectivity index (χ0v) is 14.0. The zero-order chi connectivity index (χ0) is 18.5. The normalized spacial score (nSPS) is 12.3. The summed E-state index contributed by atoms with van der Waals surface area (Å²) in [4.78, 5) is 26.7. The van der Waals surface area contributed by atoms with E-state index < -0.39 is 17.9 Å². The first-order valence-corrected chi connectivity index (χ1v) is 8.15. The van der Waals surface area contributed by atoms with Crippen LogP contribution in [0.25, 0.3) is 17.0 Å². The molecule has 1 unspecified atom stereocenters. The van der Waals surface area contributed by atoms with Crippen LogP contribution >= 0.6 is 0 Å². The van der Waals surface area contributed by atoms with Crippen molar-refractivity contribution in [2.24, 2.45) is 0 Å². The zero-order valence-electron chi connectivity index (χ0n) is 14.0. The second-order valence-corrected chi connectivity index (χ2v) is 5.96. The first-order chi connectivity index (χ1) is 12.5. The molecule has 0 radical (unpaired) electrons. The summed E-state index contributed by atoms with van der Waals surface area (Å²) in [6.07, 6.45) is 4.90. The lowest BCUT2D eigenvalue weighted by Gasteiger charge is -2.12. The molecule has 3 aromatic rings. The molecule has 5 N–H and O–H groups in total. The van der Waals surface area contributed by atoms with Gasteiger partial charge in [-0.15, -0.1) is 0 Å². The van der Waals surface area contributed by atoms with Crippen LogP contribution in [0.5, 0.6) is 0 Å². The van der Waals surface area contributed by atoms with Crippen molar-refractivity contribution in [3.05, 3.63) is 71.9 Å². The van der Waals surface area contributed by atoms with Crippen LogP contribution in [0.1, 0.15) is 11.1 Å². The van der Waals surface area contributed by atoms with E-state index in [4.69, 9.17) is 5.73 Å². The van der Waals surface area contributed by atoms with E-state index >= 15 is 0 Å². The summed E-state index contributed by atoms with van der Waals surface area (Å²) in [7, 11) is 0. The molecule has 6 nitrogen and oxygen atoms in total. The van der Waals surface area contributed by atoms with Crippen molar-refractivity contribution < 1.29 is 14.7 Å². The Bertz CT molecular complexity index is 958. The van der Waals surface area contributed by atoms with E-state index in [1.54, 1.807) is 36.5 Å². The number of aromatic amines is 1. The number of carboxylic acid groups (broad SMARTS) is 1. The molecule has 0 fully saturated rings. The highest BCUT2D eigenvalue weighted by Gasteiger charge is 2.21. The Morgan fingerprint density at radius 2 is 1.88 bits per heavy atom. The number of carboxylic acids is 1. The average Bonchev–Trinajstić information content (AvgIpc) is 3.04. The van der Waals surface area contributed by atoms with Crippen LogP contribution in [-0.2, 0) is 16.0 Å². The number of benzene rings is 2. The van der Waals surface area contributed by atoms with Crippen LogP contribution in [0.4, 0.5) is 5.69 Å². The van der Waals surface area contributed by atoms with Crippen molar-refractivity contribution in [2.75, 3.05) is 5.73 Å². The maximum atomic E-state index is 12.1. The minimum atomic E-state index is -1.08. The largest absolute Gasteiger partial charge is 0.480 e. The Hall–Kier alpha value is -3.54. The van der Waals surface area contributed by atoms with Gasteiger partial charge in [0.2, 0.25) is 5.91 Å². The third-order valence-corrected chi connectivity index (χ3v) is 4.08. The molecule has 6 heteroatoms. The fourth-order valence-corrected chi connectivity index (χ4v) is 2.72. The number of nitrogens with one attached hydrogen (secondary N) is 2. The van der Waals surface area contributed by atoms with E-state index in [2.05, 4.69) is 10.3 Å². The van der Waals surface area contributed by atoms with Crippen molar-refractivity contribution >= 4 is 34.5 Å². The number of amides is 1. The minimum absolute atomic E-state index is 0.195. The number of carbonyl (C=O) groups is 2. The maximum Gasteiger partial charge on any atom is 0.326 e. The number of H-pyrrole nitrogens is 1. The highest BCUT2D eigenvalue weighted by molar-refractivity contribution is 5.94. The molecule has 0 spiro atoms. The van der Waals surface area contributed by atoms with Gasteiger partial charge < -0.3 is 21.1 Å². The standard InChI is InChI=1S/C20H19N3O3/c21-15-8-5-13(6-9-15)7-10-19(24)23-18(20(25)26)11-14-12-22-17-4-2-1-3-16(14)17/h1-10,12,18,22H,11,21H2,(H,23,24)(H,25,26). The van der Waals surface area contributed by atoms with Gasteiger partial charge in [0, 0.05) is 35.3 Å². The minimum Gasteiger partial charge on any atom is -0.480 e. The molecule has 0 aliphatic heterocycles. The van der Waals surface area contributed by atoms with E-state index in [0.717, 1.165) is 22.0 Å². The van der Waals surface area contributed by atoms with Gasteiger partial charge in [0.15, 0.2) is 0 Å². The second-order valence-electron chi connectivity index (χ2n) is 5.96. The Kier molecular flexibility index (Phi) is 5.03. The lowest BCUT2D eigenvalue weighted by atomic mass is 10.0. The molecular weight excluding hydrogens is 330 g/mol. The molecule has 0 bridgehead atoms. The molecule has 132 valence electrons. The first-order valence-electron chi connectivity index (χ1n) is 8.15. The summed E-state index contributed by atoms with van der Waals surface area (Å²) in [6.45, 7) is 0. The van der Waals surface area contributed by atoms with Crippen molar-refractivity contribution in [1.29, 1.82) is 0 Å². The fourth-order valence-electron chi connectivity index (χ4n) is 2.72. The molecular formula is C20H19N3O3. The topological polar surface area (TPSA) is 108 Å². The maximum absolute atomic E-state index is 12.1. The number of rotatable bonds is 6. The Morgan fingerprint density at radius 3 is 2.62 bits per heavy atom. The molecule has 1 amide bonds. The number of aromatic nitrogens is 1. The number of hydrogen-bond donors (Lipinski definition) is 4.